The molecule has 2 aliphatic carbocycles. The average Bonchev–Trinajstić information content (AvgIpc) is 3.38. The van der Waals surface area contributed by atoms with Crippen molar-refractivity contribution in [3.63, 3.8) is 0 Å². The van der Waals surface area contributed by atoms with Crippen molar-refractivity contribution in [3.05, 3.63) is 106 Å². The first kappa shape index (κ1) is 54.7. The lowest BCUT2D eigenvalue weighted by molar-refractivity contribution is 0.312. The minimum Gasteiger partial charge on any atom is -0.457 e. The maximum absolute atomic E-state index is 7.23. The van der Waals surface area contributed by atoms with Gasteiger partial charge in [-0.25, -0.2) is 19.9 Å². The predicted octanol–water partition coefficient (Wildman–Crippen LogP) is 18.9. The van der Waals surface area contributed by atoms with Crippen LogP contribution in [-0.4, -0.2) is 19.9 Å². The van der Waals surface area contributed by atoms with Crippen LogP contribution < -0.4 is 4.74 Å². The van der Waals surface area contributed by atoms with E-state index in [9.17, 15) is 0 Å². The smallest absolute Gasteiger partial charge is 0.131 e. The third-order valence-corrected chi connectivity index (χ3v) is 16.1. The Morgan fingerprint density at radius 1 is 0.362 bits per heavy atom. The van der Waals surface area contributed by atoms with Crippen molar-refractivity contribution < 1.29 is 4.74 Å². The number of nitrogens with zero attached hydrogens (tertiary/aromatic N) is 4. The van der Waals surface area contributed by atoms with Gasteiger partial charge in [0.1, 0.15) is 23.1 Å². The number of hydrogen-bond acceptors (Lipinski definition) is 5. The summed E-state index contributed by atoms with van der Waals surface area (Å²) in [4.78, 5) is 19.7. The Morgan fingerprint density at radius 2 is 0.667 bits per heavy atom. The topological polar surface area (TPSA) is 60.8 Å². The minimum absolute atomic E-state index is 0.477. The Balaban J connectivity index is 1.11. The monoisotopic (exact) mass is 939 g/mol. The zero-order chi connectivity index (χ0) is 48.1. The van der Waals surface area contributed by atoms with E-state index in [1.165, 1.54) is 226 Å². The standard InChI is InChI=1S/C64H98N4O/c1-5-9-13-17-21-23-27-51-35-41-61(59(43-51)45-53-31-37-57(38-32-53)63-65-47-55(48-66-63)29-25-19-15-11-7-3)69-62-42-36-52(28-24-22-18-14-10-6-2)44-60(62)46-54-33-39-58(40-34-54)64-67-49-56(50-68-64)30-26-20-16-12-8-4/h35-36,41-44,47-50,53-54,57-58H,5-34,37-40,45-46H2,1-4H3/t53-,54-,57-,58-. The van der Waals surface area contributed by atoms with Gasteiger partial charge in [0, 0.05) is 36.6 Å². The fourth-order valence-electron chi connectivity index (χ4n) is 11.6. The quantitative estimate of drug-likeness (QED) is 0.0437. The number of unbranched alkanes of at least 4 members (excludes halogenated alkanes) is 18. The van der Waals surface area contributed by atoms with E-state index in [0.29, 0.717) is 23.7 Å². The van der Waals surface area contributed by atoms with Gasteiger partial charge in [-0.3, -0.25) is 0 Å². The van der Waals surface area contributed by atoms with Crippen molar-refractivity contribution in [3.8, 4) is 11.5 Å². The van der Waals surface area contributed by atoms with Gasteiger partial charge in [0.05, 0.1) is 0 Å². The maximum Gasteiger partial charge on any atom is 0.131 e. The Kier molecular flexibility index (Phi) is 25.7. The molecule has 5 nitrogen and oxygen atoms in total. The van der Waals surface area contributed by atoms with E-state index in [1.54, 1.807) is 0 Å². The molecule has 0 N–H and O–H groups in total. The number of rotatable bonds is 34. The second-order valence-electron chi connectivity index (χ2n) is 22.1. The Labute approximate surface area is 423 Å². The molecule has 0 amide bonds. The summed E-state index contributed by atoms with van der Waals surface area (Å²) >= 11 is 0. The molecular formula is C64H98N4O. The summed E-state index contributed by atoms with van der Waals surface area (Å²) in [5.41, 5.74) is 8.38. The van der Waals surface area contributed by atoms with Gasteiger partial charge in [-0.2, -0.15) is 0 Å². The summed E-state index contributed by atoms with van der Waals surface area (Å²) in [5, 5.41) is 0. The van der Waals surface area contributed by atoms with Gasteiger partial charge in [-0.1, -0.05) is 168 Å². The lowest BCUT2D eigenvalue weighted by Crippen LogP contribution is -2.18. The molecule has 6 rings (SSSR count). The van der Waals surface area contributed by atoms with Gasteiger partial charge >= 0.3 is 0 Å². The summed E-state index contributed by atoms with van der Waals surface area (Å²) in [5.74, 6) is 6.55. The van der Waals surface area contributed by atoms with Crippen LogP contribution in [-0.2, 0) is 38.5 Å². The molecule has 2 saturated carbocycles. The summed E-state index contributed by atoms with van der Waals surface area (Å²) < 4.78 is 7.23. The molecule has 0 saturated heterocycles. The van der Waals surface area contributed by atoms with Gasteiger partial charge in [-0.15, -0.1) is 0 Å². The van der Waals surface area contributed by atoms with E-state index in [2.05, 4.69) is 88.9 Å². The first-order valence-electron chi connectivity index (χ1n) is 29.6. The number of benzene rings is 2. The van der Waals surface area contributed by atoms with Crippen molar-refractivity contribution in [1.82, 2.24) is 19.9 Å². The van der Waals surface area contributed by atoms with Crippen LogP contribution in [0.1, 0.15) is 277 Å². The fourth-order valence-corrected chi connectivity index (χ4v) is 11.6. The molecule has 2 aliphatic rings. The van der Waals surface area contributed by atoms with Gasteiger partial charge in [0.25, 0.3) is 0 Å². The van der Waals surface area contributed by atoms with E-state index in [1.807, 2.05) is 0 Å². The molecule has 69 heavy (non-hydrogen) atoms. The molecule has 0 aliphatic heterocycles. The summed E-state index contributed by atoms with van der Waals surface area (Å²) in [6, 6.07) is 14.5. The molecule has 5 heteroatoms. The van der Waals surface area contributed by atoms with Gasteiger partial charge in [0.2, 0.25) is 0 Å². The largest absolute Gasteiger partial charge is 0.457 e. The summed E-state index contributed by atoms with van der Waals surface area (Å²) in [6.45, 7) is 9.19. The molecule has 0 bridgehead atoms. The molecule has 2 aromatic heterocycles. The van der Waals surface area contributed by atoms with Crippen molar-refractivity contribution in [2.45, 2.75) is 271 Å². The summed E-state index contributed by atoms with van der Waals surface area (Å²) in [7, 11) is 0. The van der Waals surface area contributed by atoms with Crippen molar-refractivity contribution in [1.29, 1.82) is 0 Å². The van der Waals surface area contributed by atoms with E-state index in [4.69, 9.17) is 24.7 Å². The van der Waals surface area contributed by atoms with E-state index < -0.39 is 0 Å². The molecule has 2 fully saturated rings. The SMILES string of the molecule is CCCCCCCCc1ccc(Oc2ccc(CCCCCCCC)cc2C[C@H]2CC[C@H](c3ncc(CCCCCCC)cn3)CC2)c(C[C@H]2CC[C@H](c3ncc(CCCCCCC)cn3)CC2)c1. The third kappa shape index (κ3) is 19.8. The number of aromatic nitrogens is 4. The first-order chi connectivity index (χ1) is 34.0. The molecule has 0 radical (unpaired) electrons. The lowest BCUT2D eigenvalue weighted by Gasteiger charge is -2.29. The zero-order valence-corrected chi connectivity index (χ0v) is 44.7. The van der Waals surface area contributed by atoms with Crippen molar-refractivity contribution in [2.75, 3.05) is 0 Å². The number of ether oxygens (including phenoxy) is 1. The Morgan fingerprint density at radius 3 is 1.00 bits per heavy atom. The van der Waals surface area contributed by atoms with Crippen molar-refractivity contribution >= 4 is 0 Å². The van der Waals surface area contributed by atoms with E-state index in [-0.39, 0.29) is 0 Å². The molecule has 2 aromatic carbocycles. The molecule has 4 aromatic rings. The van der Waals surface area contributed by atoms with Gasteiger partial charge in [-0.05, 0) is 173 Å². The predicted molar refractivity (Wildman–Crippen MR) is 293 cm³/mol. The Bertz CT molecular complexity index is 1800. The first-order valence-corrected chi connectivity index (χ1v) is 29.6. The van der Waals surface area contributed by atoms with Crippen LogP contribution in [0.3, 0.4) is 0 Å². The summed E-state index contributed by atoms with van der Waals surface area (Å²) in [6.07, 6.45) is 53.9. The zero-order valence-electron chi connectivity index (χ0n) is 44.7. The molecule has 0 atom stereocenters. The van der Waals surface area contributed by atoms with Crippen LogP contribution in [0.25, 0.3) is 0 Å². The van der Waals surface area contributed by atoms with Gasteiger partial charge < -0.3 is 4.74 Å². The molecule has 0 spiro atoms. The highest BCUT2D eigenvalue weighted by Gasteiger charge is 2.27. The minimum atomic E-state index is 0.477. The van der Waals surface area contributed by atoms with E-state index in [0.717, 1.165) is 61.7 Å². The second-order valence-corrected chi connectivity index (χ2v) is 22.1. The van der Waals surface area contributed by atoms with Gasteiger partial charge in [0.15, 0.2) is 0 Å². The fraction of sp³-hybridized carbons (Fsp3) is 0.688. The van der Waals surface area contributed by atoms with Crippen LogP contribution in [0.5, 0.6) is 11.5 Å². The maximum atomic E-state index is 7.23. The Hall–Kier alpha value is -3.60. The second kappa shape index (κ2) is 32.4. The highest BCUT2D eigenvalue weighted by Crippen LogP contribution is 2.41. The van der Waals surface area contributed by atoms with Crippen LogP contribution in [0.15, 0.2) is 61.2 Å². The molecule has 380 valence electrons. The van der Waals surface area contributed by atoms with Crippen molar-refractivity contribution in [2.24, 2.45) is 11.8 Å². The van der Waals surface area contributed by atoms with Crippen LogP contribution in [0.4, 0.5) is 0 Å². The lowest BCUT2D eigenvalue weighted by atomic mass is 9.78. The van der Waals surface area contributed by atoms with Crippen LogP contribution >= 0.6 is 0 Å². The van der Waals surface area contributed by atoms with E-state index >= 15 is 0 Å². The number of aryl methyl sites for hydroxylation is 4. The normalized spacial score (nSPS) is 18.4. The highest BCUT2D eigenvalue weighted by molar-refractivity contribution is 5.45. The highest BCUT2D eigenvalue weighted by atomic mass is 16.5. The van der Waals surface area contributed by atoms with Crippen LogP contribution in [0.2, 0.25) is 0 Å². The van der Waals surface area contributed by atoms with Crippen LogP contribution in [0, 0.1) is 11.8 Å². The molecular weight excluding hydrogens is 841 g/mol. The third-order valence-electron chi connectivity index (χ3n) is 16.1. The molecule has 2 heterocycles. The number of hydrogen-bond donors (Lipinski definition) is 0. The molecule has 0 unspecified atom stereocenters. The average molecular weight is 940 g/mol.